The number of aromatic amines is 1. The molecule has 0 atom stereocenters. The number of aromatic nitrogens is 3. The van der Waals surface area contributed by atoms with Crippen molar-refractivity contribution in [1.29, 1.82) is 0 Å². The van der Waals surface area contributed by atoms with Crippen LogP contribution in [0.5, 0.6) is 0 Å². The highest BCUT2D eigenvalue weighted by Crippen LogP contribution is 2.22. The van der Waals surface area contributed by atoms with Gasteiger partial charge in [-0.25, -0.2) is 8.42 Å². The molecule has 0 spiro atoms. The Morgan fingerprint density at radius 2 is 1.92 bits per heavy atom. The van der Waals surface area contributed by atoms with E-state index in [1.165, 1.54) is 0 Å². The average Bonchev–Trinajstić information content (AvgIpc) is 2.93. The van der Waals surface area contributed by atoms with E-state index in [9.17, 15) is 8.42 Å². The Balaban J connectivity index is 1.84. The van der Waals surface area contributed by atoms with Crippen molar-refractivity contribution >= 4 is 27.9 Å². The van der Waals surface area contributed by atoms with Crippen LogP contribution in [-0.2, 0) is 10.0 Å². The second kappa shape index (κ2) is 6.90. The molecule has 0 unspecified atom stereocenters. The molecular formula is C18H18N4O2S. The molecule has 0 bridgehead atoms. The zero-order chi connectivity index (χ0) is 17.9. The standard InChI is InChI=1S/C18H18N4O2S/c1-13-18(14(2)21-20-13)25(23,24)22-17-8-5-6-15(12-17)9-10-16-7-3-4-11-19-16/h3-12,22H,1-2H3,(H,20,21). The van der Waals surface area contributed by atoms with Gasteiger partial charge in [0, 0.05) is 11.9 Å². The minimum absolute atomic E-state index is 0.182. The van der Waals surface area contributed by atoms with Crippen LogP contribution in [0.4, 0.5) is 5.69 Å². The smallest absolute Gasteiger partial charge is 0.265 e. The van der Waals surface area contributed by atoms with Gasteiger partial charge in [0.05, 0.1) is 17.1 Å². The second-order valence-corrected chi connectivity index (χ2v) is 7.20. The Morgan fingerprint density at radius 1 is 1.08 bits per heavy atom. The summed E-state index contributed by atoms with van der Waals surface area (Å²) >= 11 is 0. The summed E-state index contributed by atoms with van der Waals surface area (Å²) in [7, 11) is -3.70. The number of benzene rings is 1. The van der Waals surface area contributed by atoms with Crippen LogP contribution in [0.25, 0.3) is 12.2 Å². The molecule has 2 N–H and O–H groups in total. The lowest BCUT2D eigenvalue weighted by atomic mass is 10.2. The highest BCUT2D eigenvalue weighted by molar-refractivity contribution is 7.92. The molecule has 0 aliphatic rings. The van der Waals surface area contributed by atoms with E-state index < -0.39 is 10.0 Å². The van der Waals surface area contributed by atoms with Gasteiger partial charge in [0.25, 0.3) is 10.0 Å². The Bertz CT molecular complexity index is 989. The molecule has 3 aromatic rings. The van der Waals surface area contributed by atoms with Crippen LogP contribution in [0.3, 0.4) is 0 Å². The third-order valence-corrected chi connectivity index (χ3v) is 5.25. The van der Waals surface area contributed by atoms with Crippen molar-refractivity contribution in [3.8, 4) is 0 Å². The molecule has 0 saturated carbocycles. The number of H-pyrrole nitrogens is 1. The van der Waals surface area contributed by atoms with E-state index in [-0.39, 0.29) is 4.90 Å². The van der Waals surface area contributed by atoms with Crippen molar-refractivity contribution < 1.29 is 8.42 Å². The summed E-state index contributed by atoms with van der Waals surface area (Å²) in [5, 5.41) is 6.63. The molecule has 6 nitrogen and oxygen atoms in total. The van der Waals surface area contributed by atoms with E-state index in [2.05, 4.69) is 19.9 Å². The molecule has 0 fully saturated rings. The Labute approximate surface area is 146 Å². The third kappa shape index (κ3) is 3.95. The van der Waals surface area contributed by atoms with Crippen molar-refractivity contribution in [2.24, 2.45) is 0 Å². The molecule has 128 valence electrons. The molecule has 0 amide bonds. The van der Waals surface area contributed by atoms with Crippen molar-refractivity contribution in [3.63, 3.8) is 0 Å². The lowest BCUT2D eigenvalue weighted by molar-refractivity contribution is 0.600. The lowest BCUT2D eigenvalue weighted by Gasteiger charge is -2.08. The maximum absolute atomic E-state index is 12.6. The fraction of sp³-hybridized carbons (Fsp3) is 0.111. The van der Waals surface area contributed by atoms with E-state index in [0.717, 1.165) is 11.3 Å². The first-order valence-corrected chi connectivity index (χ1v) is 9.17. The average molecular weight is 354 g/mol. The molecule has 0 aliphatic heterocycles. The van der Waals surface area contributed by atoms with Gasteiger partial charge in [0.1, 0.15) is 4.90 Å². The molecule has 2 aromatic heterocycles. The number of anilines is 1. The fourth-order valence-electron chi connectivity index (χ4n) is 2.50. The normalized spacial score (nSPS) is 11.8. The highest BCUT2D eigenvalue weighted by atomic mass is 32.2. The van der Waals surface area contributed by atoms with Crippen LogP contribution in [0, 0.1) is 13.8 Å². The summed E-state index contributed by atoms with van der Waals surface area (Å²) < 4.78 is 27.8. The number of hydrogen-bond acceptors (Lipinski definition) is 4. The van der Waals surface area contributed by atoms with Crippen LogP contribution < -0.4 is 4.72 Å². The number of nitrogens with zero attached hydrogens (tertiary/aromatic N) is 2. The first kappa shape index (κ1) is 16.9. The SMILES string of the molecule is Cc1n[nH]c(C)c1S(=O)(=O)Nc1cccc(C=Cc2ccccn2)c1. The van der Waals surface area contributed by atoms with Crippen molar-refractivity contribution in [1.82, 2.24) is 15.2 Å². The first-order chi connectivity index (χ1) is 12.0. The van der Waals surface area contributed by atoms with Gasteiger partial charge in [-0.05, 0) is 49.8 Å². The fourth-order valence-corrected chi connectivity index (χ4v) is 3.93. The number of sulfonamides is 1. The Morgan fingerprint density at radius 3 is 2.60 bits per heavy atom. The third-order valence-electron chi connectivity index (χ3n) is 3.60. The quantitative estimate of drug-likeness (QED) is 0.735. The Hall–Kier alpha value is -2.93. The van der Waals surface area contributed by atoms with Crippen molar-refractivity contribution in [2.45, 2.75) is 18.7 Å². The summed E-state index contributed by atoms with van der Waals surface area (Å²) in [6, 6.07) is 12.8. The van der Waals surface area contributed by atoms with E-state index in [1.54, 1.807) is 38.2 Å². The second-order valence-electron chi connectivity index (χ2n) is 5.58. The summed E-state index contributed by atoms with van der Waals surface area (Å²) in [4.78, 5) is 4.40. The van der Waals surface area contributed by atoms with Gasteiger partial charge < -0.3 is 0 Å². The van der Waals surface area contributed by atoms with Crippen molar-refractivity contribution in [3.05, 3.63) is 71.3 Å². The van der Waals surface area contributed by atoms with Crippen LogP contribution in [-0.4, -0.2) is 23.6 Å². The molecular weight excluding hydrogens is 336 g/mol. The van der Waals surface area contributed by atoms with Crippen LogP contribution in [0.2, 0.25) is 0 Å². The van der Waals surface area contributed by atoms with Gasteiger partial charge in [0.15, 0.2) is 0 Å². The van der Waals surface area contributed by atoms with Gasteiger partial charge in [-0.3, -0.25) is 14.8 Å². The molecule has 1 aromatic carbocycles. The van der Waals surface area contributed by atoms with Gasteiger partial charge in [-0.15, -0.1) is 0 Å². The summed E-state index contributed by atoms with van der Waals surface area (Å²) in [5.41, 5.74) is 3.14. The van der Waals surface area contributed by atoms with Gasteiger partial charge in [0.2, 0.25) is 0 Å². The summed E-state index contributed by atoms with van der Waals surface area (Å²) in [5.74, 6) is 0. The minimum Gasteiger partial charge on any atom is -0.281 e. The zero-order valence-corrected chi connectivity index (χ0v) is 14.7. The Kier molecular flexibility index (Phi) is 4.67. The number of hydrogen-bond donors (Lipinski definition) is 2. The molecule has 7 heteroatoms. The molecule has 3 rings (SSSR count). The van der Waals surface area contributed by atoms with Crippen LogP contribution in [0.15, 0.2) is 53.6 Å². The summed E-state index contributed by atoms with van der Waals surface area (Å²) in [6.07, 6.45) is 5.48. The number of rotatable bonds is 5. The zero-order valence-electron chi connectivity index (χ0n) is 13.9. The van der Waals surface area contributed by atoms with Crippen LogP contribution in [0.1, 0.15) is 22.6 Å². The summed E-state index contributed by atoms with van der Waals surface area (Å²) in [6.45, 7) is 3.34. The monoisotopic (exact) mass is 354 g/mol. The maximum atomic E-state index is 12.6. The molecule has 0 aliphatic carbocycles. The lowest BCUT2D eigenvalue weighted by Crippen LogP contribution is -2.14. The molecule has 2 heterocycles. The molecule has 0 radical (unpaired) electrons. The van der Waals surface area contributed by atoms with E-state index in [4.69, 9.17) is 0 Å². The topological polar surface area (TPSA) is 87.7 Å². The van der Waals surface area contributed by atoms with Gasteiger partial charge >= 0.3 is 0 Å². The predicted octanol–water partition coefficient (Wildman–Crippen LogP) is 3.39. The number of aryl methyl sites for hydroxylation is 2. The highest BCUT2D eigenvalue weighted by Gasteiger charge is 2.22. The first-order valence-electron chi connectivity index (χ1n) is 7.69. The van der Waals surface area contributed by atoms with E-state index in [1.807, 2.05) is 36.4 Å². The number of pyridine rings is 1. The van der Waals surface area contributed by atoms with Crippen molar-refractivity contribution in [2.75, 3.05) is 4.72 Å². The van der Waals surface area contributed by atoms with Gasteiger partial charge in [-0.2, -0.15) is 5.10 Å². The molecule has 0 saturated heterocycles. The minimum atomic E-state index is -3.70. The van der Waals surface area contributed by atoms with Gasteiger partial charge in [-0.1, -0.05) is 24.3 Å². The number of nitrogens with one attached hydrogen (secondary N) is 2. The maximum Gasteiger partial charge on any atom is 0.265 e. The van der Waals surface area contributed by atoms with Crippen LogP contribution >= 0.6 is 0 Å². The largest absolute Gasteiger partial charge is 0.281 e. The van der Waals surface area contributed by atoms with E-state index >= 15 is 0 Å². The van der Waals surface area contributed by atoms with E-state index in [0.29, 0.717) is 17.1 Å². The molecule has 25 heavy (non-hydrogen) atoms. The predicted molar refractivity (Wildman–Crippen MR) is 98.5 cm³/mol.